The number of carbonyl (C=O) groups excluding carboxylic acids is 1. The van der Waals surface area contributed by atoms with E-state index in [2.05, 4.69) is 4.74 Å². The lowest BCUT2D eigenvalue weighted by molar-refractivity contribution is -0.144. The number of rotatable bonds is 6. The van der Waals surface area contributed by atoms with E-state index in [1.54, 1.807) is 25.1 Å². The van der Waals surface area contributed by atoms with Crippen molar-refractivity contribution < 1.29 is 23.0 Å². The van der Waals surface area contributed by atoms with Gasteiger partial charge in [0.15, 0.2) is 0 Å². The molecule has 0 spiro atoms. The second-order valence-electron chi connectivity index (χ2n) is 3.55. The predicted octanol–water partition coefficient (Wildman–Crippen LogP) is 1.72. The number of hydrogen-bond donors (Lipinski definition) is 1. The number of ether oxygens (including phenoxy) is 2. The number of hydrogen-bond acceptors (Lipinski definition) is 4. The van der Waals surface area contributed by atoms with Gasteiger partial charge in [-0.15, -0.1) is 0 Å². The normalized spacial score (nSPS) is 12.3. The summed E-state index contributed by atoms with van der Waals surface area (Å²) in [6, 6.07) is 5.31. The molecule has 0 aromatic heterocycles. The van der Waals surface area contributed by atoms with Gasteiger partial charge in [-0.2, -0.15) is 8.78 Å². The molecule has 0 bridgehead atoms. The fourth-order valence-corrected chi connectivity index (χ4v) is 1.45. The number of carbonyl (C=O) groups is 1. The van der Waals surface area contributed by atoms with Crippen molar-refractivity contribution in [1.82, 2.24) is 0 Å². The van der Waals surface area contributed by atoms with Crippen LogP contribution in [0.25, 0.3) is 0 Å². The molecule has 18 heavy (non-hydrogen) atoms. The van der Waals surface area contributed by atoms with E-state index >= 15 is 0 Å². The highest BCUT2D eigenvalue weighted by atomic mass is 19.3. The van der Waals surface area contributed by atoms with Gasteiger partial charge in [0.1, 0.15) is 11.8 Å². The van der Waals surface area contributed by atoms with Gasteiger partial charge < -0.3 is 15.2 Å². The molecule has 1 aromatic rings. The highest BCUT2D eigenvalue weighted by molar-refractivity contribution is 5.76. The molecule has 0 aliphatic rings. The lowest BCUT2D eigenvalue weighted by Gasteiger charge is -2.14. The highest BCUT2D eigenvalue weighted by Gasteiger charge is 2.18. The Morgan fingerprint density at radius 2 is 2.06 bits per heavy atom. The second kappa shape index (κ2) is 6.90. The summed E-state index contributed by atoms with van der Waals surface area (Å²) in [5.74, 6) is -0.545. The van der Waals surface area contributed by atoms with Crippen molar-refractivity contribution in [1.29, 1.82) is 0 Å². The standard InChI is InChI=1S/C12H15F2NO3/c1-2-17-11(16)9(15)7-8-5-3-4-6-10(8)18-12(13)14/h3-6,9,12H,2,7,15H2,1H3. The first-order valence-corrected chi connectivity index (χ1v) is 5.49. The Morgan fingerprint density at radius 3 is 2.67 bits per heavy atom. The van der Waals surface area contributed by atoms with Gasteiger partial charge in [0.05, 0.1) is 6.61 Å². The molecule has 1 rings (SSSR count). The molecule has 100 valence electrons. The van der Waals surface area contributed by atoms with E-state index in [0.29, 0.717) is 5.56 Å². The van der Waals surface area contributed by atoms with Gasteiger partial charge >= 0.3 is 12.6 Å². The van der Waals surface area contributed by atoms with Crippen LogP contribution in [0.5, 0.6) is 5.75 Å². The minimum atomic E-state index is -2.91. The number of esters is 1. The molecular formula is C12H15F2NO3. The molecule has 0 aliphatic carbocycles. The van der Waals surface area contributed by atoms with Crippen LogP contribution in [0.15, 0.2) is 24.3 Å². The molecule has 0 aliphatic heterocycles. The van der Waals surface area contributed by atoms with E-state index in [9.17, 15) is 13.6 Å². The maximum atomic E-state index is 12.2. The number of benzene rings is 1. The molecule has 0 saturated carbocycles. The van der Waals surface area contributed by atoms with Crippen molar-refractivity contribution in [3.05, 3.63) is 29.8 Å². The van der Waals surface area contributed by atoms with E-state index in [4.69, 9.17) is 10.5 Å². The maximum Gasteiger partial charge on any atom is 0.387 e. The summed E-state index contributed by atoms with van der Waals surface area (Å²) >= 11 is 0. The van der Waals surface area contributed by atoms with Crippen molar-refractivity contribution >= 4 is 5.97 Å². The summed E-state index contributed by atoms with van der Waals surface area (Å²) in [6.07, 6.45) is 0.0850. The summed E-state index contributed by atoms with van der Waals surface area (Å²) in [6.45, 7) is -1.02. The van der Waals surface area contributed by atoms with Crippen LogP contribution in [-0.2, 0) is 16.0 Å². The monoisotopic (exact) mass is 259 g/mol. The minimum absolute atomic E-state index is 0.0206. The third-order valence-corrected chi connectivity index (χ3v) is 2.22. The Kier molecular flexibility index (Phi) is 5.51. The van der Waals surface area contributed by atoms with Gasteiger partial charge in [-0.3, -0.25) is 4.79 Å². The van der Waals surface area contributed by atoms with Crippen LogP contribution in [-0.4, -0.2) is 25.2 Å². The molecular weight excluding hydrogens is 244 g/mol. The minimum Gasteiger partial charge on any atom is -0.465 e. The Bertz CT molecular complexity index is 399. The van der Waals surface area contributed by atoms with E-state index in [0.717, 1.165) is 0 Å². The van der Waals surface area contributed by atoms with Crippen LogP contribution < -0.4 is 10.5 Å². The van der Waals surface area contributed by atoms with Crippen molar-refractivity contribution in [2.24, 2.45) is 5.73 Å². The van der Waals surface area contributed by atoms with Crippen LogP contribution in [0.1, 0.15) is 12.5 Å². The SMILES string of the molecule is CCOC(=O)C(N)Cc1ccccc1OC(F)F. The summed E-state index contributed by atoms with van der Waals surface area (Å²) in [5, 5.41) is 0. The summed E-state index contributed by atoms with van der Waals surface area (Å²) in [7, 11) is 0. The maximum absolute atomic E-state index is 12.2. The first-order chi connectivity index (χ1) is 8.54. The molecule has 1 unspecified atom stereocenters. The zero-order valence-corrected chi connectivity index (χ0v) is 9.94. The third-order valence-electron chi connectivity index (χ3n) is 2.22. The topological polar surface area (TPSA) is 61.5 Å². The predicted molar refractivity (Wildman–Crippen MR) is 61.4 cm³/mol. The Balaban J connectivity index is 2.74. The highest BCUT2D eigenvalue weighted by Crippen LogP contribution is 2.21. The van der Waals surface area contributed by atoms with E-state index < -0.39 is 18.6 Å². The lowest BCUT2D eigenvalue weighted by atomic mass is 10.1. The third kappa shape index (κ3) is 4.29. The first-order valence-electron chi connectivity index (χ1n) is 5.49. The summed E-state index contributed by atoms with van der Waals surface area (Å²) in [5.41, 5.74) is 6.06. The van der Waals surface area contributed by atoms with E-state index in [1.165, 1.54) is 6.07 Å². The van der Waals surface area contributed by atoms with Gasteiger partial charge in [-0.05, 0) is 18.6 Å². The number of para-hydroxylation sites is 1. The Hall–Kier alpha value is -1.69. The zero-order chi connectivity index (χ0) is 13.5. The molecule has 0 fully saturated rings. The van der Waals surface area contributed by atoms with Crippen LogP contribution >= 0.6 is 0 Å². The van der Waals surface area contributed by atoms with Crippen LogP contribution in [0, 0.1) is 0 Å². The average molecular weight is 259 g/mol. The van der Waals surface area contributed by atoms with E-state index in [1.807, 2.05) is 0 Å². The molecule has 2 N–H and O–H groups in total. The van der Waals surface area contributed by atoms with Gasteiger partial charge in [0.25, 0.3) is 0 Å². The van der Waals surface area contributed by atoms with Crippen molar-refractivity contribution in [3.8, 4) is 5.75 Å². The Labute approximate surface area is 104 Å². The summed E-state index contributed by atoms with van der Waals surface area (Å²) in [4.78, 5) is 11.3. The average Bonchev–Trinajstić information content (AvgIpc) is 2.31. The van der Waals surface area contributed by atoms with Gasteiger partial charge in [-0.1, -0.05) is 18.2 Å². The molecule has 1 aromatic carbocycles. The van der Waals surface area contributed by atoms with Gasteiger partial charge in [-0.25, -0.2) is 0 Å². The molecule has 1 atom stereocenters. The molecule has 6 heteroatoms. The quantitative estimate of drug-likeness (QED) is 0.790. The molecule has 0 radical (unpaired) electrons. The van der Waals surface area contributed by atoms with Crippen LogP contribution in [0.4, 0.5) is 8.78 Å². The van der Waals surface area contributed by atoms with Crippen molar-refractivity contribution in [2.45, 2.75) is 26.0 Å². The fraction of sp³-hybridized carbons (Fsp3) is 0.417. The van der Waals surface area contributed by atoms with E-state index in [-0.39, 0.29) is 18.8 Å². The molecule has 0 heterocycles. The van der Waals surface area contributed by atoms with Crippen LogP contribution in [0.3, 0.4) is 0 Å². The van der Waals surface area contributed by atoms with Gasteiger partial charge in [0.2, 0.25) is 0 Å². The summed E-state index contributed by atoms with van der Waals surface area (Å²) < 4.78 is 33.4. The molecule has 0 amide bonds. The number of nitrogens with two attached hydrogens (primary N) is 1. The Morgan fingerprint density at radius 1 is 1.39 bits per heavy atom. The molecule has 0 saturated heterocycles. The number of halogens is 2. The zero-order valence-electron chi connectivity index (χ0n) is 9.94. The van der Waals surface area contributed by atoms with Crippen LogP contribution in [0.2, 0.25) is 0 Å². The van der Waals surface area contributed by atoms with Crippen molar-refractivity contribution in [2.75, 3.05) is 6.61 Å². The second-order valence-corrected chi connectivity index (χ2v) is 3.55. The first kappa shape index (κ1) is 14.4. The largest absolute Gasteiger partial charge is 0.465 e. The lowest BCUT2D eigenvalue weighted by Crippen LogP contribution is -2.34. The van der Waals surface area contributed by atoms with Gasteiger partial charge in [0, 0.05) is 6.42 Å². The smallest absolute Gasteiger partial charge is 0.387 e. The number of alkyl halides is 2. The van der Waals surface area contributed by atoms with Crippen molar-refractivity contribution in [3.63, 3.8) is 0 Å². The molecule has 4 nitrogen and oxygen atoms in total. The fourth-order valence-electron chi connectivity index (χ4n) is 1.45.